The van der Waals surface area contributed by atoms with Crippen LogP contribution in [0, 0.1) is 14.9 Å². The zero-order valence-corrected chi connectivity index (χ0v) is 20.1. The topological polar surface area (TPSA) is 76.4 Å². The van der Waals surface area contributed by atoms with Crippen molar-refractivity contribution in [2.24, 2.45) is 0 Å². The lowest BCUT2D eigenvalue weighted by Crippen LogP contribution is -2.12. The number of benzene rings is 3. The van der Waals surface area contributed by atoms with Crippen LogP contribution >= 0.6 is 34.2 Å². The van der Waals surface area contributed by atoms with Gasteiger partial charge in [0, 0.05) is 5.02 Å². The number of nitrogens with zero attached hydrogens (tertiary/aromatic N) is 1. The Bertz CT molecular complexity index is 1250. The van der Waals surface area contributed by atoms with Crippen molar-refractivity contribution in [1.29, 1.82) is 5.26 Å². The Hall–Kier alpha value is -2.54. The summed E-state index contributed by atoms with van der Waals surface area (Å²) in [5.41, 5.74) is 1.94. The minimum absolute atomic E-state index is 0.0186. The Labute approximate surface area is 200 Å². The number of hydrogen-bond donors (Lipinski definition) is 0. The van der Waals surface area contributed by atoms with E-state index in [9.17, 15) is 13.7 Å². The summed E-state index contributed by atoms with van der Waals surface area (Å²) in [4.78, 5) is -0.0186. The van der Waals surface area contributed by atoms with Crippen molar-refractivity contribution >= 4 is 56.0 Å². The zero-order chi connectivity index (χ0) is 22.4. The van der Waals surface area contributed by atoms with E-state index in [0.717, 1.165) is 5.56 Å². The summed E-state index contributed by atoms with van der Waals surface area (Å²) in [6, 6.07) is 20.6. The molecule has 0 bridgehead atoms. The Morgan fingerprint density at radius 2 is 1.81 bits per heavy atom. The molecule has 3 aromatic carbocycles. The highest BCUT2D eigenvalue weighted by Crippen LogP contribution is 2.37. The van der Waals surface area contributed by atoms with Crippen LogP contribution in [0.1, 0.15) is 18.1 Å². The highest BCUT2D eigenvalue weighted by atomic mass is 127. The van der Waals surface area contributed by atoms with Crippen LogP contribution in [0.25, 0.3) is 11.6 Å². The number of nitriles is 1. The molecule has 0 heterocycles. The van der Waals surface area contributed by atoms with Crippen LogP contribution in [-0.4, -0.2) is 15.0 Å². The first-order valence-electron chi connectivity index (χ1n) is 9.17. The van der Waals surface area contributed by atoms with E-state index >= 15 is 0 Å². The minimum Gasteiger partial charge on any atom is -0.490 e. The molecule has 8 heteroatoms. The second-order valence-corrected chi connectivity index (χ2v) is 9.44. The lowest BCUT2D eigenvalue weighted by Gasteiger charge is -2.15. The quantitative estimate of drug-likeness (QED) is 0.148. The van der Waals surface area contributed by atoms with E-state index in [0.29, 0.717) is 26.3 Å². The van der Waals surface area contributed by atoms with Gasteiger partial charge >= 0.3 is 10.1 Å². The second kappa shape index (κ2) is 10.2. The van der Waals surface area contributed by atoms with Gasteiger partial charge in [0.05, 0.1) is 21.8 Å². The van der Waals surface area contributed by atoms with Crippen molar-refractivity contribution in [2.75, 3.05) is 6.61 Å². The number of ether oxygens (including phenoxy) is 1. The molecular weight excluding hydrogens is 549 g/mol. The predicted octanol–water partition coefficient (Wildman–Crippen LogP) is 6.18. The summed E-state index contributed by atoms with van der Waals surface area (Å²) < 4.78 is 37.1. The molecule has 0 aliphatic carbocycles. The van der Waals surface area contributed by atoms with Gasteiger partial charge in [-0.25, -0.2) is 0 Å². The summed E-state index contributed by atoms with van der Waals surface area (Å²) in [7, 11) is -4.09. The fourth-order valence-electron chi connectivity index (χ4n) is 2.74. The molecule has 0 saturated heterocycles. The smallest absolute Gasteiger partial charge is 0.339 e. The Kier molecular flexibility index (Phi) is 7.59. The summed E-state index contributed by atoms with van der Waals surface area (Å²) in [5, 5.41) is 9.99. The molecule has 3 aromatic rings. The molecule has 158 valence electrons. The van der Waals surface area contributed by atoms with E-state index in [1.54, 1.807) is 25.1 Å². The highest BCUT2D eigenvalue weighted by molar-refractivity contribution is 14.1. The van der Waals surface area contributed by atoms with Gasteiger partial charge in [-0.1, -0.05) is 41.9 Å². The van der Waals surface area contributed by atoms with Gasteiger partial charge in [-0.15, -0.1) is 0 Å². The van der Waals surface area contributed by atoms with Crippen LogP contribution in [0.4, 0.5) is 0 Å². The summed E-state index contributed by atoms with van der Waals surface area (Å²) in [6.07, 6.45) is 1.72. The molecular formula is C23H17ClINO4S. The molecule has 0 spiro atoms. The molecule has 3 rings (SSSR count). The van der Waals surface area contributed by atoms with E-state index in [1.807, 2.05) is 52.9 Å². The van der Waals surface area contributed by atoms with Crippen LogP contribution in [0.5, 0.6) is 11.5 Å². The van der Waals surface area contributed by atoms with Gasteiger partial charge in [0.2, 0.25) is 0 Å². The Morgan fingerprint density at radius 1 is 1.13 bits per heavy atom. The average Bonchev–Trinajstić information content (AvgIpc) is 2.75. The number of hydrogen-bond acceptors (Lipinski definition) is 5. The highest BCUT2D eigenvalue weighted by Gasteiger charge is 2.22. The van der Waals surface area contributed by atoms with Crippen LogP contribution < -0.4 is 8.92 Å². The maximum Gasteiger partial charge on any atom is 0.339 e. The van der Waals surface area contributed by atoms with Gasteiger partial charge in [0.1, 0.15) is 4.90 Å². The van der Waals surface area contributed by atoms with Gasteiger partial charge in [0.15, 0.2) is 11.5 Å². The summed E-state index contributed by atoms with van der Waals surface area (Å²) in [6.45, 7) is 2.10. The minimum atomic E-state index is -4.09. The lowest BCUT2D eigenvalue weighted by atomic mass is 10.0. The van der Waals surface area contributed by atoms with Gasteiger partial charge < -0.3 is 8.92 Å². The molecule has 0 amide bonds. The van der Waals surface area contributed by atoms with E-state index < -0.39 is 10.1 Å². The first kappa shape index (κ1) is 23.1. The van der Waals surface area contributed by atoms with Crippen molar-refractivity contribution in [2.45, 2.75) is 11.8 Å². The van der Waals surface area contributed by atoms with Gasteiger partial charge in [-0.2, -0.15) is 13.7 Å². The number of rotatable bonds is 7. The van der Waals surface area contributed by atoms with Gasteiger partial charge in [0.25, 0.3) is 0 Å². The number of halogens is 2. The molecule has 0 N–H and O–H groups in total. The van der Waals surface area contributed by atoms with Crippen molar-refractivity contribution < 1.29 is 17.3 Å². The third-order valence-electron chi connectivity index (χ3n) is 4.14. The molecule has 0 saturated carbocycles. The van der Waals surface area contributed by atoms with Crippen molar-refractivity contribution in [1.82, 2.24) is 0 Å². The molecule has 0 unspecified atom stereocenters. The largest absolute Gasteiger partial charge is 0.490 e. The van der Waals surface area contributed by atoms with Crippen molar-refractivity contribution in [3.8, 4) is 17.6 Å². The zero-order valence-electron chi connectivity index (χ0n) is 16.4. The predicted molar refractivity (Wildman–Crippen MR) is 130 cm³/mol. The first-order chi connectivity index (χ1) is 14.8. The van der Waals surface area contributed by atoms with Crippen molar-refractivity contribution in [3.05, 3.63) is 86.4 Å². The van der Waals surface area contributed by atoms with E-state index in [2.05, 4.69) is 6.07 Å². The maximum absolute atomic E-state index is 12.7. The van der Waals surface area contributed by atoms with E-state index in [1.165, 1.54) is 24.3 Å². The molecule has 0 aliphatic heterocycles. The third-order valence-corrected chi connectivity index (χ3v) is 6.43. The molecule has 0 radical (unpaired) electrons. The molecule has 0 fully saturated rings. The van der Waals surface area contributed by atoms with Gasteiger partial charge in [-0.3, -0.25) is 0 Å². The molecule has 0 atom stereocenters. The Morgan fingerprint density at radius 3 is 2.42 bits per heavy atom. The van der Waals surface area contributed by atoms with Crippen LogP contribution in [0.3, 0.4) is 0 Å². The monoisotopic (exact) mass is 565 g/mol. The average molecular weight is 566 g/mol. The maximum atomic E-state index is 12.7. The van der Waals surface area contributed by atoms with Gasteiger partial charge in [-0.05, 0) is 83.1 Å². The fraction of sp³-hybridized carbons (Fsp3) is 0.0870. The lowest BCUT2D eigenvalue weighted by molar-refractivity contribution is 0.327. The van der Waals surface area contributed by atoms with E-state index in [4.69, 9.17) is 20.5 Å². The fourth-order valence-corrected chi connectivity index (χ4v) is 4.71. The summed E-state index contributed by atoms with van der Waals surface area (Å²) >= 11 is 7.83. The van der Waals surface area contributed by atoms with E-state index in [-0.39, 0.29) is 16.4 Å². The standard InChI is InChI=1S/C23H17ClINO4S/c1-2-29-22-14-16(12-18(15-26)17-6-4-3-5-7-17)13-21(25)23(22)30-31(27,28)20-10-8-19(24)9-11-20/h3-14H,2H2,1H3/b18-12+. The third kappa shape index (κ3) is 5.79. The van der Waals surface area contributed by atoms with Crippen LogP contribution in [-0.2, 0) is 10.1 Å². The van der Waals surface area contributed by atoms with Crippen molar-refractivity contribution in [3.63, 3.8) is 0 Å². The first-order valence-corrected chi connectivity index (χ1v) is 12.0. The molecule has 0 aliphatic rings. The Balaban J connectivity index is 2.02. The van der Waals surface area contributed by atoms with Crippen LogP contribution in [0.2, 0.25) is 5.02 Å². The SMILES string of the molecule is CCOc1cc(/C=C(\C#N)c2ccccc2)cc(I)c1OS(=O)(=O)c1ccc(Cl)cc1. The number of allylic oxidation sites excluding steroid dienone is 1. The molecule has 0 aromatic heterocycles. The molecule has 5 nitrogen and oxygen atoms in total. The second-order valence-electron chi connectivity index (χ2n) is 6.29. The summed E-state index contributed by atoms with van der Waals surface area (Å²) in [5.74, 6) is 0.358. The van der Waals surface area contributed by atoms with Crippen LogP contribution in [0.15, 0.2) is 71.6 Å². The molecule has 31 heavy (non-hydrogen) atoms. The normalized spacial score (nSPS) is 11.6.